The van der Waals surface area contributed by atoms with Crippen LogP contribution in [0, 0.1) is 23.0 Å². The molecule has 0 aromatic heterocycles. The lowest BCUT2D eigenvalue weighted by Gasteiger charge is -2.29. The van der Waals surface area contributed by atoms with Gasteiger partial charge in [0.15, 0.2) is 11.6 Å². The molecule has 1 unspecified atom stereocenters. The van der Waals surface area contributed by atoms with E-state index in [4.69, 9.17) is 5.26 Å². The van der Waals surface area contributed by atoms with Gasteiger partial charge in [-0.25, -0.2) is 8.78 Å². The van der Waals surface area contributed by atoms with Gasteiger partial charge < -0.3 is 10.2 Å². The SMILES string of the molecule is CC(Nc1c(F)cc(C#N)cc1F)C(=O)N1CCCCC1. The van der Waals surface area contributed by atoms with Gasteiger partial charge >= 0.3 is 0 Å². The van der Waals surface area contributed by atoms with Crippen molar-refractivity contribution in [3.05, 3.63) is 29.3 Å². The number of nitrogens with zero attached hydrogens (tertiary/aromatic N) is 2. The van der Waals surface area contributed by atoms with E-state index in [-0.39, 0.29) is 17.2 Å². The Bertz CT molecular complexity index is 554. The Labute approximate surface area is 122 Å². The smallest absolute Gasteiger partial charge is 0.244 e. The van der Waals surface area contributed by atoms with Gasteiger partial charge in [0.1, 0.15) is 11.7 Å². The summed E-state index contributed by atoms with van der Waals surface area (Å²) in [6, 6.07) is 2.85. The molecule has 4 nitrogen and oxygen atoms in total. The van der Waals surface area contributed by atoms with Crippen LogP contribution < -0.4 is 5.32 Å². The Morgan fingerprint density at radius 3 is 2.38 bits per heavy atom. The summed E-state index contributed by atoms with van der Waals surface area (Å²) in [5.74, 6) is -1.91. The van der Waals surface area contributed by atoms with Crippen molar-refractivity contribution >= 4 is 11.6 Å². The van der Waals surface area contributed by atoms with Crippen LogP contribution in [0.5, 0.6) is 0 Å². The third-order valence-electron chi connectivity index (χ3n) is 3.57. The Hall–Kier alpha value is -2.16. The van der Waals surface area contributed by atoms with Gasteiger partial charge in [-0.3, -0.25) is 4.79 Å². The largest absolute Gasteiger partial charge is 0.369 e. The van der Waals surface area contributed by atoms with Gasteiger partial charge in [0.25, 0.3) is 0 Å². The number of carbonyl (C=O) groups is 1. The van der Waals surface area contributed by atoms with Crippen LogP contribution in [0.25, 0.3) is 0 Å². The maximum Gasteiger partial charge on any atom is 0.244 e. The van der Waals surface area contributed by atoms with Crippen LogP contribution in [0.1, 0.15) is 31.7 Å². The topological polar surface area (TPSA) is 56.1 Å². The third-order valence-corrected chi connectivity index (χ3v) is 3.57. The van der Waals surface area contributed by atoms with Gasteiger partial charge in [0, 0.05) is 13.1 Å². The van der Waals surface area contributed by atoms with Crippen LogP contribution in [-0.4, -0.2) is 29.9 Å². The second kappa shape index (κ2) is 6.53. The van der Waals surface area contributed by atoms with Crippen molar-refractivity contribution in [2.24, 2.45) is 0 Å². The maximum atomic E-state index is 13.8. The highest BCUT2D eigenvalue weighted by Crippen LogP contribution is 2.22. The lowest BCUT2D eigenvalue weighted by atomic mass is 10.1. The number of hydrogen-bond donors (Lipinski definition) is 1. The van der Waals surface area contributed by atoms with Crippen molar-refractivity contribution in [3.8, 4) is 6.07 Å². The average Bonchev–Trinajstić information content (AvgIpc) is 2.50. The number of carbonyl (C=O) groups excluding carboxylic acids is 1. The molecule has 1 heterocycles. The molecule has 1 atom stereocenters. The van der Waals surface area contributed by atoms with E-state index in [0.717, 1.165) is 31.4 Å². The molecule has 21 heavy (non-hydrogen) atoms. The molecular formula is C15H17F2N3O. The molecule has 0 saturated carbocycles. The minimum Gasteiger partial charge on any atom is -0.369 e. The minimum absolute atomic E-state index is 0.0921. The normalized spacial score (nSPS) is 16.2. The molecule has 1 amide bonds. The molecule has 1 aliphatic heterocycles. The number of benzene rings is 1. The Kier molecular flexibility index (Phi) is 4.73. The van der Waals surface area contributed by atoms with Gasteiger partial charge in [-0.1, -0.05) is 0 Å². The van der Waals surface area contributed by atoms with Crippen LogP contribution in [0.15, 0.2) is 12.1 Å². The molecule has 1 aromatic carbocycles. The van der Waals surface area contributed by atoms with E-state index >= 15 is 0 Å². The molecule has 1 aliphatic rings. The molecule has 0 bridgehead atoms. The zero-order valence-corrected chi connectivity index (χ0v) is 11.8. The van der Waals surface area contributed by atoms with Crippen LogP contribution in [0.3, 0.4) is 0 Å². The first-order valence-electron chi connectivity index (χ1n) is 6.97. The molecule has 6 heteroatoms. The molecule has 0 aliphatic carbocycles. The lowest BCUT2D eigenvalue weighted by molar-refractivity contribution is -0.132. The fourth-order valence-corrected chi connectivity index (χ4v) is 2.44. The quantitative estimate of drug-likeness (QED) is 0.932. The molecule has 0 radical (unpaired) electrons. The first-order valence-corrected chi connectivity index (χ1v) is 6.97. The number of likely N-dealkylation sites (tertiary alicyclic amines) is 1. The zero-order valence-electron chi connectivity index (χ0n) is 11.8. The highest BCUT2D eigenvalue weighted by molar-refractivity contribution is 5.84. The highest BCUT2D eigenvalue weighted by Gasteiger charge is 2.24. The van der Waals surface area contributed by atoms with Crippen molar-refractivity contribution in [2.45, 2.75) is 32.2 Å². The zero-order chi connectivity index (χ0) is 15.4. The molecule has 112 valence electrons. The van der Waals surface area contributed by atoms with E-state index in [2.05, 4.69) is 5.32 Å². The fraction of sp³-hybridized carbons (Fsp3) is 0.467. The Morgan fingerprint density at radius 2 is 1.86 bits per heavy atom. The van der Waals surface area contributed by atoms with Gasteiger partial charge in [-0.05, 0) is 38.3 Å². The van der Waals surface area contributed by atoms with Gasteiger partial charge in [-0.2, -0.15) is 5.26 Å². The molecular weight excluding hydrogens is 276 g/mol. The lowest BCUT2D eigenvalue weighted by Crippen LogP contribution is -2.44. The molecule has 1 aromatic rings. The first-order chi connectivity index (χ1) is 10.0. The molecule has 0 spiro atoms. The standard InChI is InChI=1S/C15H17F2N3O/c1-10(15(21)20-5-3-2-4-6-20)19-14-12(16)7-11(9-18)8-13(14)17/h7-8,10,19H,2-6H2,1H3. The summed E-state index contributed by atoms with van der Waals surface area (Å²) in [4.78, 5) is 13.9. The maximum absolute atomic E-state index is 13.8. The van der Waals surface area contributed by atoms with Crippen molar-refractivity contribution < 1.29 is 13.6 Å². The number of halogens is 2. The van der Waals surface area contributed by atoms with E-state index in [1.165, 1.54) is 0 Å². The number of hydrogen-bond acceptors (Lipinski definition) is 3. The second-order valence-electron chi connectivity index (χ2n) is 5.18. The molecule has 1 saturated heterocycles. The van der Waals surface area contributed by atoms with Gasteiger partial charge in [0.05, 0.1) is 11.6 Å². The molecule has 1 N–H and O–H groups in total. The van der Waals surface area contributed by atoms with Crippen LogP contribution in [0.4, 0.5) is 14.5 Å². The second-order valence-corrected chi connectivity index (χ2v) is 5.18. The Balaban J connectivity index is 2.10. The summed E-state index contributed by atoms with van der Waals surface area (Å²) < 4.78 is 27.6. The van der Waals surface area contributed by atoms with E-state index in [0.29, 0.717) is 13.1 Å². The first kappa shape index (κ1) is 15.2. The number of amides is 1. The summed E-state index contributed by atoms with van der Waals surface area (Å²) in [5, 5.41) is 11.2. The number of nitriles is 1. The monoisotopic (exact) mass is 293 g/mol. The van der Waals surface area contributed by atoms with E-state index < -0.39 is 17.7 Å². The predicted octanol–water partition coefficient (Wildman–Crippen LogP) is 2.65. The summed E-state index contributed by atoms with van der Waals surface area (Å²) in [7, 11) is 0. The summed E-state index contributed by atoms with van der Waals surface area (Å²) >= 11 is 0. The third kappa shape index (κ3) is 3.48. The predicted molar refractivity (Wildman–Crippen MR) is 74.6 cm³/mol. The average molecular weight is 293 g/mol. The summed E-state index contributed by atoms with van der Waals surface area (Å²) in [5.41, 5.74) is -0.461. The minimum atomic E-state index is -0.871. The number of nitrogens with one attached hydrogen (secondary N) is 1. The highest BCUT2D eigenvalue weighted by atomic mass is 19.1. The van der Waals surface area contributed by atoms with Crippen LogP contribution in [-0.2, 0) is 4.79 Å². The number of anilines is 1. The van der Waals surface area contributed by atoms with E-state index in [1.807, 2.05) is 0 Å². The van der Waals surface area contributed by atoms with Crippen molar-refractivity contribution in [1.82, 2.24) is 4.90 Å². The number of rotatable bonds is 3. The van der Waals surface area contributed by atoms with E-state index in [1.54, 1.807) is 17.9 Å². The Morgan fingerprint density at radius 1 is 1.29 bits per heavy atom. The summed E-state index contributed by atoms with van der Waals surface area (Å²) in [6.07, 6.45) is 3.01. The fourth-order valence-electron chi connectivity index (χ4n) is 2.44. The molecule has 1 fully saturated rings. The van der Waals surface area contributed by atoms with Gasteiger partial charge in [0.2, 0.25) is 5.91 Å². The van der Waals surface area contributed by atoms with Crippen LogP contribution >= 0.6 is 0 Å². The van der Waals surface area contributed by atoms with Crippen LogP contribution in [0.2, 0.25) is 0 Å². The molecule has 2 rings (SSSR count). The van der Waals surface area contributed by atoms with E-state index in [9.17, 15) is 13.6 Å². The number of piperidine rings is 1. The van der Waals surface area contributed by atoms with Crippen molar-refractivity contribution in [2.75, 3.05) is 18.4 Å². The van der Waals surface area contributed by atoms with Gasteiger partial charge in [-0.15, -0.1) is 0 Å². The van der Waals surface area contributed by atoms with Crippen molar-refractivity contribution in [1.29, 1.82) is 5.26 Å². The summed E-state index contributed by atoms with van der Waals surface area (Å²) in [6.45, 7) is 2.94. The van der Waals surface area contributed by atoms with Crippen molar-refractivity contribution in [3.63, 3.8) is 0 Å².